The summed E-state index contributed by atoms with van der Waals surface area (Å²) in [7, 11) is 0. The quantitative estimate of drug-likeness (QED) is 0.256. The zero-order valence-corrected chi connectivity index (χ0v) is 14.5. The van der Waals surface area contributed by atoms with Crippen molar-refractivity contribution >= 4 is 11.4 Å². The van der Waals surface area contributed by atoms with Crippen LogP contribution >= 0.6 is 0 Å². The second kappa shape index (κ2) is 8.21. The standard InChI is InChI=1S/C17H21N5O4/c1-9-3-11(15(20-24)13(5-9)8-22(19)26)7-12-4-10(2)6-14(17(18)23)16(12)21-25/h3-6,17,23,26H,7-8,18-19H2,1-2H3. The molecule has 0 aromatic heterocycles. The van der Waals surface area contributed by atoms with Gasteiger partial charge >= 0.3 is 0 Å². The Morgan fingerprint density at radius 1 is 1.00 bits per heavy atom. The molecule has 0 heterocycles. The number of hydroxylamine groups is 1. The van der Waals surface area contributed by atoms with Gasteiger partial charge in [0.05, 0.1) is 6.54 Å². The van der Waals surface area contributed by atoms with Crippen molar-refractivity contribution in [2.45, 2.75) is 33.0 Å². The highest BCUT2D eigenvalue weighted by Crippen LogP contribution is 2.35. The van der Waals surface area contributed by atoms with Gasteiger partial charge in [-0.2, -0.15) is 0 Å². The summed E-state index contributed by atoms with van der Waals surface area (Å²) in [4.78, 5) is 22.7. The molecule has 0 aliphatic carbocycles. The second-order valence-corrected chi connectivity index (χ2v) is 6.20. The van der Waals surface area contributed by atoms with Crippen molar-refractivity contribution in [1.82, 2.24) is 5.17 Å². The lowest BCUT2D eigenvalue weighted by molar-refractivity contribution is -0.102. The highest BCUT2D eigenvalue weighted by Gasteiger charge is 2.18. The van der Waals surface area contributed by atoms with Crippen molar-refractivity contribution < 1.29 is 10.3 Å². The van der Waals surface area contributed by atoms with Crippen LogP contribution in [-0.4, -0.2) is 15.5 Å². The van der Waals surface area contributed by atoms with Gasteiger partial charge in [-0.1, -0.05) is 29.3 Å². The van der Waals surface area contributed by atoms with Gasteiger partial charge in [-0.25, -0.2) is 5.84 Å². The Hall–Kier alpha value is -2.56. The summed E-state index contributed by atoms with van der Waals surface area (Å²) in [6, 6.07) is 6.78. The SMILES string of the molecule is Cc1cc(Cc2cc(C)cc(C(N)O)c2N=O)c(N=O)c(CN(N)O)c1. The molecule has 2 aromatic rings. The van der Waals surface area contributed by atoms with Crippen molar-refractivity contribution in [1.29, 1.82) is 0 Å². The minimum atomic E-state index is -1.35. The van der Waals surface area contributed by atoms with E-state index in [1.165, 1.54) is 0 Å². The molecule has 26 heavy (non-hydrogen) atoms. The molecule has 0 saturated heterocycles. The molecule has 1 unspecified atom stereocenters. The van der Waals surface area contributed by atoms with Gasteiger partial charge in [-0.3, -0.25) is 5.21 Å². The van der Waals surface area contributed by atoms with Crippen LogP contribution in [0.3, 0.4) is 0 Å². The van der Waals surface area contributed by atoms with E-state index in [0.717, 1.165) is 11.1 Å². The Balaban J connectivity index is 2.60. The van der Waals surface area contributed by atoms with Crippen LogP contribution in [0, 0.1) is 23.7 Å². The van der Waals surface area contributed by atoms with E-state index in [4.69, 9.17) is 11.6 Å². The largest absolute Gasteiger partial charge is 0.374 e. The van der Waals surface area contributed by atoms with Crippen LogP contribution < -0.4 is 11.6 Å². The van der Waals surface area contributed by atoms with Crippen LogP contribution in [-0.2, 0) is 13.0 Å². The zero-order valence-electron chi connectivity index (χ0n) is 14.5. The summed E-state index contributed by atoms with van der Waals surface area (Å²) in [5.74, 6) is 5.27. The highest BCUT2D eigenvalue weighted by atomic mass is 16.5. The summed E-state index contributed by atoms with van der Waals surface area (Å²) in [6.07, 6.45) is -1.17. The van der Waals surface area contributed by atoms with Crippen molar-refractivity contribution in [3.63, 3.8) is 0 Å². The van der Waals surface area contributed by atoms with E-state index < -0.39 is 6.23 Å². The molecule has 138 valence electrons. The average molecular weight is 359 g/mol. The zero-order chi connectivity index (χ0) is 19.4. The Kier molecular flexibility index (Phi) is 6.24. The predicted octanol–water partition coefficient (Wildman–Crippen LogP) is 2.70. The number of aliphatic hydroxyl groups excluding tert-OH is 1. The normalized spacial score (nSPS) is 12.3. The van der Waals surface area contributed by atoms with Crippen molar-refractivity contribution in [2.24, 2.45) is 21.9 Å². The third kappa shape index (κ3) is 4.34. The molecular weight excluding hydrogens is 338 g/mol. The lowest BCUT2D eigenvalue weighted by Crippen LogP contribution is -2.26. The first-order valence-electron chi connectivity index (χ1n) is 7.84. The number of aliphatic hydroxyl groups is 1. The van der Waals surface area contributed by atoms with Crippen LogP contribution in [0.5, 0.6) is 0 Å². The number of aryl methyl sites for hydroxylation is 2. The minimum absolute atomic E-state index is 0.0353. The number of nitrogens with two attached hydrogens (primary N) is 2. The van der Waals surface area contributed by atoms with E-state index in [2.05, 4.69) is 10.4 Å². The third-order valence-electron chi connectivity index (χ3n) is 3.99. The number of nitroso groups, excluding NO2 is 2. The first kappa shape index (κ1) is 19.8. The highest BCUT2D eigenvalue weighted by molar-refractivity contribution is 5.61. The first-order chi connectivity index (χ1) is 12.3. The Morgan fingerprint density at radius 3 is 2.00 bits per heavy atom. The molecule has 0 aliphatic rings. The monoisotopic (exact) mass is 359 g/mol. The van der Waals surface area contributed by atoms with Crippen LogP contribution in [0.4, 0.5) is 11.4 Å². The van der Waals surface area contributed by atoms with Gasteiger partial charge in [0.1, 0.15) is 17.6 Å². The van der Waals surface area contributed by atoms with Gasteiger partial charge in [0, 0.05) is 12.0 Å². The third-order valence-corrected chi connectivity index (χ3v) is 3.99. The maximum atomic E-state index is 11.4. The first-order valence-corrected chi connectivity index (χ1v) is 7.84. The maximum absolute atomic E-state index is 11.4. The second-order valence-electron chi connectivity index (χ2n) is 6.20. The van der Waals surface area contributed by atoms with E-state index in [-0.39, 0.29) is 29.9 Å². The molecule has 0 saturated carbocycles. The van der Waals surface area contributed by atoms with Crippen LogP contribution in [0.2, 0.25) is 0 Å². The summed E-state index contributed by atoms with van der Waals surface area (Å²) in [6.45, 7) is 3.53. The van der Waals surface area contributed by atoms with Crippen LogP contribution in [0.25, 0.3) is 0 Å². The molecule has 1 atom stereocenters. The van der Waals surface area contributed by atoms with Crippen molar-refractivity contribution in [3.8, 4) is 0 Å². The van der Waals surface area contributed by atoms with E-state index >= 15 is 0 Å². The number of rotatable bonds is 7. The van der Waals surface area contributed by atoms with E-state index in [0.29, 0.717) is 21.9 Å². The van der Waals surface area contributed by atoms with Gasteiger partial charge in [-0.15, -0.1) is 15.0 Å². The number of hydrogen-bond acceptors (Lipinski definition) is 9. The fraction of sp³-hybridized carbons (Fsp3) is 0.294. The summed E-state index contributed by atoms with van der Waals surface area (Å²) in [5, 5.41) is 25.5. The van der Waals surface area contributed by atoms with Crippen LogP contribution in [0.1, 0.15) is 39.6 Å². The smallest absolute Gasteiger partial charge is 0.130 e. The lowest BCUT2D eigenvalue weighted by atomic mass is 9.94. The number of hydrogen-bond donors (Lipinski definition) is 4. The summed E-state index contributed by atoms with van der Waals surface area (Å²) >= 11 is 0. The van der Waals surface area contributed by atoms with Gasteiger partial charge in [-0.05, 0) is 47.0 Å². The number of benzene rings is 2. The molecule has 9 nitrogen and oxygen atoms in total. The summed E-state index contributed by atoms with van der Waals surface area (Å²) < 4.78 is 0. The number of nitrogens with zero attached hydrogens (tertiary/aromatic N) is 3. The molecule has 0 bridgehead atoms. The summed E-state index contributed by atoms with van der Waals surface area (Å²) in [5.41, 5.74) is 9.02. The molecule has 0 amide bonds. The van der Waals surface area contributed by atoms with Crippen molar-refractivity contribution in [3.05, 3.63) is 67.5 Å². The fourth-order valence-corrected chi connectivity index (χ4v) is 3.04. The molecule has 0 radical (unpaired) electrons. The van der Waals surface area contributed by atoms with E-state index in [1.807, 2.05) is 6.92 Å². The van der Waals surface area contributed by atoms with Crippen molar-refractivity contribution in [2.75, 3.05) is 0 Å². The van der Waals surface area contributed by atoms with Gasteiger partial charge in [0.15, 0.2) is 0 Å². The molecule has 0 spiro atoms. The predicted molar refractivity (Wildman–Crippen MR) is 96.7 cm³/mol. The molecule has 2 aromatic carbocycles. The van der Waals surface area contributed by atoms with Gasteiger partial charge < -0.3 is 10.8 Å². The van der Waals surface area contributed by atoms with E-state index in [9.17, 15) is 20.1 Å². The fourth-order valence-electron chi connectivity index (χ4n) is 3.04. The Bertz CT molecular complexity index is 836. The maximum Gasteiger partial charge on any atom is 0.130 e. The molecule has 0 aliphatic heterocycles. The molecule has 0 fully saturated rings. The van der Waals surface area contributed by atoms with E-state index in [1.54, 1.807) is 31.2 Å². The molecule has 6 N–H and O–H groups in total. The molecular formula is C17H21N5O4. The van der Waals surface area contributed by atoms with Crippen LogP contribution in [0.15, 0.2) is 34.6 Å². The lowest BCUT2D eigenvalue weighted by Gasteiger charge is -2.16. The Labute approximate surface area is 150 Å². The average Bonchev–Trinajstić information content (AvgIpc) is 2.53. The topological polar surface area (TPSA) is 155 Å². The van der Waals surface area contributed by atoms with Gasteiger partial charge in [0.25, 0.3) is 0 Å². The number of hydrazine groups is 1. The molecule has 2 rings (SSSR count). The minimum Gasteiger partial charge on any atom is -0.374 e. The molecule has 9 heteroatoms. The Morgan fingerprint density at radius 2 is 1.50 bits per heavy atom. The van der Waals surface area contributed by atoms with Gasteiger partial charge in [0.2, 0.25) is 0 Å².